The largest absolute Gasteiger partial charge is 0.465 e. The zero-order valence-corrected chi connectivity index (χ0v) is 9.41. The summed E-state index contributed by atoms with van der Waals surface area (Å²) >= 11 is 0. The first-order valence-corrected chi connectivity index (χ1v) is 5.33. The minimum absolute atomic E-state index is 0.859. The van der Waals surface area contributed by atoms with Crippen molar-refractivity contribution in [2.45, 2.75) is 6.42 Å². The topological polar surface area (TPSA) is 12.5 Å². The maximum absolute atomic E-state index is 5.37. The Morgan fingerprint density at radius 3 is 3.00 bits per heavy atom. The predicted molar refractivity (Wildman–Crippen MR) is 69.5 cm³/mol. The predicted octanol–water partition coefficient (Wildman–Crippen LogP) is 0.748. The van der Waals surface area contributed by atoms with Crippen LogP contribution < -0.4 is 0 Å². The highest BCUT2D eigenvalue weighted by molar-refractivity contribution is 6.87. The van der Waals surface area contributed by atoms with Crippen molar-refractivity contribution in [1.29, 1.82) is 0 Å². The van der Waals surface area contributed by atoms with Gasteiger partial charge in [0.25, 0.3) is 0 Å². The van der Waals surface area contributed by atoms with Gasteiger partial charge in [0.05, 0.1) is 14.0 Å². The van der Waals surface area contributed by atoms with E-state index in [1.54, 1.807) is 6.08 Å². The standard InChI is InChI=1S/C11H17B2NO/c1-3-6-11(15-4-2)10-7-5-8-14(9-10)13-12/h3-4,6-7,13H,1-2,5,8-9,12H2/b11-6-. The molecule has 0 bridgehead atoms. The average molecular weight is 201 g/mol. The molecule has 0 aromatic rings. The van der Waals surface area contributed by atoms with E-state index in [0.29, 0.717) is 0 Å². The molecule has 0 saturated heterocycles. The van der Waals surface area contributed by atoms with Crippen molar-refractivity contribution in [3.05, 3.63) is 49.0 Å². The Balaban J connectivity index is 2.75. The van der Waals surface area contributed by atoms with Crippen LogP contribution >= 0.6 is 0 Å². The fourth-order valence-electron chi connectivity index (χ4n) is 1.67. The minimum Gasteiger partial charge on any atom is -0.465 e. The van der Waals surface area contributed by atoms with Crippen molar-refractivity contribution in [3.63, 3.8) is 0 Å². The van der Waals surface area contributed by atoms with Crippen molar-refractivity contribution in [2.75, 3.05) is 13.1 Å². The summed E-state index contributed by atoms with van der Waals surface area (Å²) in [4.78, 5) is 2.39. The lowest BCUT2D eigenvalue weighted by Gasteiger charge is -2.26. The molecule has 0 fully saturated rings. The van der Waals surface area contributed by atoms with Crippen LogP contribution in [0.2, 0.25) is 0 Å². The van der Waals surface area contributed by atoms with Crippen molar-refractivity contribution in [2.24, 2.45) is 0 Å². The number of hydrogen-bond donors (Lipinski definition) is 0. The van der Waals surface area contributed by atoms with Gasteiger partial charge in [0.1, 0.15) is 5.76 Å². The molecule has 0 atom stereocenters. The summed E-state index contributed by atoms with van der Waals surface area (Å²) in [7, 11) is 3.25. The second kappa shape index (κ2) is 6.36. The third kappa shape index (κ3) is 3.48. The molecule has 1 aliphatic heterocycles. The van der Waals surface area contributed by atoms with Crippen LogP contribution in [0.4, 0.5) is 0 Å². The summed E-state index contributed by atoms with van der Waals surface area (Å²) in [5.74, 6) is 0.859. The molecule has 4 heteroatoms. The van der Waals surface area contributed by atoms with Crippen LogP contribution in [0.5, 0.6) is 0 Å². The second-order valence-electron chi connectivity index (χ2n) is 3.44. The maximum atomic E-state index is 5.37. The number of rotatable bonds is 5. The molecule has 15 heavy (non-hydrogen) atoms. The maximum Gasteiger partial charge on any atom is 0.161 e. The SMILES string of the molecule is BBN1CCC=C(/C(=C/C=C)OC=C)C1. The number of hydrogen-bond acceptors (Lipinski definition) is 2. The molecule has 0 N–H and O–H groups in total. The van der Waals surface area contributed by atoms with Gasteiger partial charge in [-0.25, -0.2) is 0 Å². The smallest absolute Gasteiger partial charge is 0.161 e. The molecule has 78 valence electrons. The van der Waals surface area contributed by atoms with E-state index in [-0.39, 0.29) is 0 Å². The van der Waals surface area contributed by atoms with Crippen LogP contribution in [-0.2, 0) is 4.74 Å². The van der Waals surface area contributed by atoms with Crippen LogP contribution in [0.15, 0.2) is 49.0 Å². The highest BCUT2D eigenvalue weighted by Crippen LogP contribution is 2.18. The Labute approximate surface area is 93.6 Å². The van der Waals surface area contributed by atoms with Crippen molar-refractivity contribution in [1.82, 2.24) is 4.81 Å². The Bertz CT molecular complexity index is 297. The molecule has 0 aromatic carbocycles. The zero-order valence-electron chi connectivity index (χ0n) is 9.41. The van der Waals surface area contributed by atoms with Crippen LogP contribution in [0.25, 0.3) is 0 Å². The van der Waals surface area contributed by atoms with Crippen LogP contribution in [0.1, 0.15) is 6.42 Å². The lowest BCUT2D eigenvalue weighted by atomic mass is 9.64. The normalized spacial score (nSPS) is 17.9. The van der Waals surface area contributed by atoms with E-state index in [1.807, 2.05) is 6.08 Å². The summed E-state index contributed by atoms with van der Waals surface area (Å²) in [6, 6.07) is 0. The Morgan fingerprint density at radius 2 is 2.40 bits per heavy atom. The van der Waals surface area contributed by atoms with Gasteiger partial charge < -0.3 is 9.55 Å². The highest BCUT2D eigenvalue weighted by atomic mass is 16.5. The molecule has 0 radical (unpaired) electrons. The molecule has 2 nitrogen and oxygen atoms in total. The fourth-order valence-corrected chi connectivity index (χ4v) is 1.67. The second-order valence-corrected chi connectivity index (χ2v) is 3.44. The lowest BCUT2D eigenvalue weighted by Crippen LogP contribution is -2.34. The Hall–Kier alpha value is -1.15. The van der Waals surface area contributed by atoms with Crippen LogP contribution in [0, 0.1) is 0 Å². The van der Waals surface area contributed by atoms with E-state index in [9.17, 15) is 0 Å². The van der Waals surface area contributed by atoms with Crippen molar-refractivity contribution >= 4 is 15.0 Å². The molecular weight excluding hydrogens is 184 g/mol. The van der Waals surface area contributed by atoms with Gasteiger partial charge in [-0.05, 0) is 19.0 Å². The van der Waals surface area contributed by atoms with Gasteiger partial charge in [-0.3, -0.25) is 0 Å². The number of allylic oxidation sites excluding steroid dienone is 2. The van der Waals surface area contributed by atoms with E-state index in [1.165, 1.54) is 11.8 Å². The highest BCUT2D eigenvalue weighted by Gasteiger charge is 2.14. The van der Waals surface area contributed by atoms with E-state index < -0.39 is 0 Å². The first-order chi connectivity index (χ1) is 7.31. The van der Waals surface area contributed by atoms with Gasteiger partial charge in [-0.15, -0.1) is 0 Å². The molecule has 0 unspecified atom stereocenters. The monoisotopic (exact) mass is 201 g/mol. The lowest BCUT2D eigenvalue weighted by molar-refractivity contribution is 0.347. The molecule has 0 amide bonds. The number of ether oxygens (including phenoxy) is 1. The third-order valence-electron chi connectivity index (χ3n) is 2.47. The van der Waals surface area contributed by atoms with E-state index in [0.717, 1.165) is 32.6 Å². The van der Waals surface area contributed by atoms with Gasteiger partial charge in [0.15, 0.2) is 7.31 Å². The van der Waals surface area contributed by atoms with Gasteiger partial charge in [0.2, 0.25) is 0 Å². The van der Waals surface area contributed by atoms with Gasteiger partial charge in [-0.1, -0.05) is 25.3 Å². The molecule has 0 aromatic heterocycles. The molecule has 1 aliphatic rings. The van der Waals surface area contributed by atoms with Crippen molar-refractivity contribution < 1.29 is 4.74 Å². The number of nitrogens with zero attached hydrogens (tertiary/aromatic N) is 1. The average Bonchev–Trinajstić information content (AvgIpc) is 2.29. The van der Waals surface area contributed by atoms with Crippen LogP contribution in [-0.4, -0.2) is 32.9 Å². The fraction of sp³-hybridized carbons (Fsp3) is 0.273. The van der Waals surface area contributed by atoms with E-state index in [2.05, 4.69) is 31.8 Å². The molecule has 0 saturated carbocycles. The van der Waals surface area contributed by atoms with Gasteiger partial charge in [-0.2, -0.15) is 0 Å². The first kappa shape index (κ1) is 11.9. The van der Waals surface area contributed by atoms with E-state index in [4.69, 9.17) is 4.74 Å². The Kier molecular flexibility index (Phi) is 5.05. The quantitative estimate of drug-likeness (QED) is 0.369. The molecule has 1 heterocycles. The van der Waals surface area contributed by atoms with E-state index >= 15 is 0 Å². The minimum atomic E-state index is 0.859. The third-order valence-corrected chi connectivity index (χ3v) is 2.47. The summed E-state index contributed by atoms with van der Waals surface area (Å²) in [5.41, 5.74) is 1.22. The molecule has 1 rings (SSSR count). The summed E-state index contributed by atoms with van der Waals surface area (Å²) in [5, 5.41) is 0. The Morgan fingerprint density at radius 1 is 1.60 bits per heavy atom. The summed E-state index contributed by atoms with van der Waals surface area (Å²) in [6.45, 7) is 9.35. The first-order valence-electron chi connectivity index (χ1n) is 5.33. The molecule has 0 spiro atoms. The summed E-state index contributed by atoms with van der Waals surface area (Å²) in [6.07, 6.45) is 8.39. The molecular formula is C11H17B2NO. The van der Waals surface area contributed by atoms with Gasteiger partial charge in [0, 0.05) is 12.1 Å². The van der Waals surface area contributed by atoms with Gasteiger partial charge >= 0.3 is 0 Å². The van der Waals surface area contributed by atoms with Crippen LogP contribution in [0.3, 0.4) is 0 Å². The zero-order chi connectivity index (χ0) is 11.1. The molecule has 0 aliphatic carbocycles. The van der Waals surface area contributed by atoms with Crippen molar-refractivity contribution in [3.8, 4) is 0 Å². The summed E-state index contributed by atoms with van der Waals surface area (Å²) < 4.78 is 5.37.